The number of nitrogens with one attached hydrogen (secondary N) is 1. The van der Waals surface area contributed by atoms with Crippen molar-refractivity contribution < 1.29 is 14.0 Å². The molecule has 0 unspecified atom stereocenters. The van der Waals surface area contributed by atoms with E-state index in [9.17, 15) is 14.0 Å². The highest BCUT2D eigenvalue weighted by molar-refractivity contribution is 5.91. The van der Waals surface area contributed by atoms with Crippen molar-refractivity contribution in [2.45, 2.75) is 32.6 Å². The van der Waals surface area contributed by atoms with Crippen molar-refractivity contribution in [1.29, 1.82) is 0 Å². The number of anilines is 1. The van der Waals surface area contributed by atoms with E-state index in [4.69, 9.17) is 0 Å². The largest absolute Gasteiger partial charge is 0.343 e. The van der Waals surface area contributed by atoms with Crippen molar-refractivity contribution in [1.82, 2.24) is 9.88 Å². The van der Waals surface area contributed by atoms with Crippen molar-refractivity contribution >= 4 is 17.6 Å². The van der Waals surface area contributed by atoms with E-state index in [-0.39, 0.29) is 30.0 Å². The van der Waals surface area contributed by atoms with Crippen LogP contribution in [0.1, 0.15) is 30.4 Å². The molecular formula is C21H24FN3O2. The number of nitrogens with zero attached hydrogens (tertiary/aromatic N) is 2. The lowest BCUT2D eigenvalue weighted by Crippen LogP contribution is -2.41. The van der Waals surface area contributed by atoms with Crippen molar-refractivity contribution in [2.75, 3.05) is 18.4 Å². The summed E-state index contributed by atoms with van der Waals surface area (Å²) in [6.45, 7) is 3.04. The van der Waals surface area contributed by atoms with E-state index in [2.05, 4.69) is 10.3 Å². The third kappa shape index (κ3) is 5.12. The highest BCUT2D eigenvalue weighted by Crippen LogP contribution is 2.20. The van der Waals surface area contributed by atoms with Crippen molar-refractivity contribution in [2.24, 2.45) is 5.92 Å². The number of benzene rings is 1. The van der Waals surface area contributed by atoms with Crippen LogP contribution >= 0.6 is 0 Å². The van der Waals surface area contributed by atoms with E-state index in [0.29, 0.717) is 43.7 Å². The van der Waals surface area contributed by atoms with E-state index in [1.807, 2.05) is 13.0 Å². The SMILES string of the molecule is Cc1ccc(NC(=O)C2CCN(C(=O)CCc3ccccc3F)CC2)nc1. The van der Waals surface area contributed by atoms with E-state index >= 15 is 0 Å². The molecule has 1 aromatic heterocycles. The topological polar surface area (TPSA) is 62.3 Å². The van der Waals surface area contributed by atoms with Gasteiger partial charge in [0.1, 0.15) is 11.6 Å². The molecule has 0 atom stereocenters. The second-order valence-electron chi connectivity index (χ2n) is 6.96. The first kappa shape index (κ1) is 19.0. The molecule has 6 heteroatoms. The minimum atomic E-state index is -0.273. The Kier molecular flexibility index (Phi) is 6.16. The highest BCUT2D eigenvalue weighted by atomic mass is 19.1. The number of halogens is 1. The monoisotopic (exact) mass is 369 g/mol. The maximum absolute atomic E-state index is 13.6. The summed E-state index contributed by atoms with van der Waals surface area (Å²) in [7, 11) is 0. The molecule has 142 valence electrons. The summed E-state index contributed by atoms with van der Waals surface area (Å²) < 4.78 is 13.6. The third-order valence-electron chi connectivity index (χ3n) is 4.95. The van der Waals surface area contributed by atoms with Crippen LogP contribution in [0.5, 0.6) is 0 Å². The van der Waals surface area contributed by atoms with Crippen LogP contribution in [0.15, 0.2) is 42.6 Å². The Morgan fingerprint density at radius 2 is 1.93 bits per heavy atom. The molecule has 5 nitrogen and oxygen atoms in total. The van der Waals surface area contributed by atoms with Gasteiger partial charge in [-0.3, -0.25) is 9.59 Å². The molecule has 3 rings (SSSR count). The van der Waals surface area contributed by atoms with Gasteiger partial charge in [0.2, 0.25) is 11.8 Å². The van der Waals surface area contributed by atoms with Gasteiger partial charge in [-0.25, -0.2) is 9.37 Å². The molecule has 1 saturated heterocycles. The Hall–Kier alpha value is -2.76. The van der Waals surface area contributed by atoms with Crippen LogP contribution in [0.3, 0.4) is 0 Å². The van der Waals surface area contributed by atoms with E-state index in [1.165, 1.54) is 6.07 Å². The van der Waals surface area contributed by atoms with Crippen LogP contribution in [0.4, 0.5) is 10.2 Å². The number of aryl methyl sites for hydroxylation is 2. The minimum Gasteiger partial charge on any atom is -0.343 e. The summed E-state index contributed by atoms with van der Waals surface area (Å²) in [5.74, 6) is 0.116. The van der Waals surface area contributed by atoms with Crippen LogP contribution in [-0.4, -0.2) is 34.8 Å². The van der Waals surface area contributed by atoms with Gasteiger partial charge in [0.25, 0.3) is 0 Å². The zero-order chi connectivity index (χ0) is 19.2. The van der Waals surface area contributed by atoms with Crippen molar-refractivity contribution in [3.8, 4) is 0 Å². The fourth-order valence-electron chi connectivity index (χ4n) is 3.26. The Bertz CT molecular complexity index is 799. The van der Waals surface area contributed by atoms with Crippen LogP contribution in [0.2, 0.25) is 0 Å². The van der Waals surface area contributed by atoms with Gasteiger partial charge < -0.3 is 10.2 Å². The summed E-state index contributed by atoms with van der Waals surface area (Å²) in [4.78, 5) is 30.7. The highest BCUT2D eigenvalue weighted by Gasteiger charge is 2.27. The van der Waals surface area contributed by atoms with Crippen LogP contribution in [0.25, 0.3) is 0 Å². The van der Waals surface area contributed by atoms with Crippen LogP contribution in [0, 0.1) is 18.7 Å². The van der Waals surface area contributed by atoms with Gasteiger partial charge >= 0.3 is 0 Å². The van der Waals surface area contributed by atoms with Crippen molar-refractivity contribution in [3.63, 3.8) is 0 Å². The van der Waals surface area contributed by atoms with Crippen molar-refractivity contribution in [3.05, 3.63) is 59.5 Å². The number of rotatable bonds is 5. The number of pyridine rings is 1. The first-order valence-corrected chi connectivity index (χ1v) is 9.27. The lowest BCUT2D eigenvalue weighted by molar-refractivity contribution is -0.134. The Labute approximate surface area is 158 Å². The van der Waals surface area contributed by atoms with Crippen LogP contribution < -0.4 is 5.32 Å². The first-order chi connectivity index (χ1) is 13.0. The molecule has 0 bridgehead atoms. The molecule has 0 spiro atoms. The second-order valence-corrected chi connectivity index (χ2v) is 6.96. The predicted molar refractivity (Wildman–Crippen MR) is 102 cm³/mol. The summed E-state index contributed by atoms with van der Waals surface area (Å²) in [6.07, 6.45) is 3.65. The number of piperidine rings is 1. The van der Waals surface area contributed by atoms with Gasteiger partial charge in [-0.2, -0.15) is 0 Å². The second kappa shape index (κ2) is 8.75. The average molecular weight is 369 g/mol. The first-order valence-electron chi connectivity index (χ1n) is 9.27. The normalized spacial score (nSPS) is 14.8. The molecular weight excluding hydrogens is 345 g/mol. The van der Waals surface area contributed by atoms with Gasteiger partial charge in [0, 0.05) is 31.6 Å². The van der Waals surface area contributed by atoms with E-state index in [0.717, 1.165) is 5.56 Å². The van der Waals surface area contributed by atoms with Gasteiger partial charge in [0.15, 0.2) is 0 Å². The quantitative estimate of drug-likeness (QED) is 0.879. The van der Waals surface area contributed by atoms with Crippen LogP contribution in [-0.2, 0) is 16.0 Å². The van der Waals surface area contributed by atoms with E-state index in [1.54, 1.807) is 35.4 Å². The molecule has 0 radical (unpaired) electrons. The molecule has 0 saturated carbocycles. The number of likely N-dealkylation sites (tertiary alicyclic amines) is 1. The van der Waals surface area contributed by atoms with Gasteiger partial charge in [0.05, 0.1) is 0 Å². The summed E-state index contributed by atoms with van der Waals surface area (Å²) in [5.41, 5.74) is 1.60. The maximum Gasteiger partial charge on any atom is 0.228 e. The van der Waals surface area contributed by atoms with Gasteiger partial charge in [-0.1, -0.05) is 24.3 Å². The Morgan fingerprint density at radius 3 is 2.59 bits per heavy atom. The molecule has 2 heterocycles. The smallest absolute Gasteiger partial charge is 0.228 e. The van der Waals surface area contributed by atoms with Gasteiger partial charge in [-0.05, 0) is 49.4 Å². The number of aromatic nitrogens is 1. The number of carbonyl (C=O) groups is 2. The number of hydrogen-bond acceptors (Lipinski definition) is 3. The standard InChI is InChI=1S/C21H24FN3O2/c1-15-6-8-19(23-14-15)24-21(27)17-10-12-25(13-11-17)20(26)9-7-16-4-2-3-5-18(16)22/h2-6,8,14,17H,7,9-13H2,1H3,(H,23,24,27). The third-order valence-corrected chi connectivity index (χ3v) is 4.95. The molecule has 2 aromatic rings. The summed E-state index contributed by atoms with van der Waals surface area (Å²) in [6, 6.07) is 10.2. The molecule has 1 fully saturated rings. The minimum absolute atomic E-state index is 0.0114. The van der Waals surface area contributed by atoms with E-state index < -0.39 is 0 Å². The Morgan fingerprint density at radius 1 is 1.19 bits per heavy atom. The Balaban J connectivity index is 1.45. The summed E-state index contributed by atoms with van der Waals surface area (Å²) >= 11 is 0. The lowest BCUT2D eigenvalue weighted by Gasteiger charge is -2.31. The average Bonchev–Trinajstić information content (AvgIpc) is 2.69. The number of carbonyl (C=O) groups excluding carboxylic acids is 2. The molecule has 27 heavy (non-hydrogen) atoms. The molecule has 2 amide bonds. The molecule has 1 aliphatic rings. The fraction of sp³-hybridized carbons (Fsp3) is 0.381. The molecule has 0 aliphatic carbocycles. The lowest BCUT2D eigenvalue weighted by atomic mass is 9.95. The molecule has 1 aliphatic heterocycles. The summed E-state index contributed by atoms with van der Waals surface area (Å²) in [5, 5.41) is 2.84. The predicted octanol–water partition coefficient (Wildman–Crippen LogP) is 3.34. The van der Waals surface area contributed by atoms with Gasteiger partial charge in [-0.15, -0.1) is 0 Å². The zero-order valence-corrected chi connectivity index (χ0v) is 15.5. The number of amides is 2. The molecule has 1 N–H and O–H groups in total. The molecule has 1 aromatic carbocycles. The zero-order valence-electron chi connectivity index (χ0n) is 15.5. The maximum atomic E-state index is 13.6. The fourth-order valence-corrected chi connectivity index (χ4v) is 3.26. The number of hydrogen-bond donors (Lipinski definition) is 1.